The average molecular weight is 271 g/mol. The summed E-state index contributed by atoms with van der Waals surface area (Å²) < 4.78 is 0. The molecule has 0 spiro atoms. The number of carbonyl (C=O) groups is 1. The van der Waals surface area contributed by atoms with Crippen molar-refractivity contribution in [2.75, 3.05) is 25.4 Å². The van der Waals surface area contributed by atoms with Gasteiger partial charge in [-0.3, -0.25) is 4.79 Å². The van der Waals surface area contributed by atoms with Crippen LogP contribution in [0.3, 0.4) is 0 Å². The maximum absolute atomic E-state index is 12.2. The molecule has 0 aliphatic rings. The number of anilines is 1. The van der Waals surface area contributed by atoms with Crippen LogP contribution in [-0.4, -0.2) is 35.6 Å². The molecule has 1 rings (SSSR count). The number of carbonyl (C=O) groups excluding carboxylic acids is 1. The van der Waals surface area contributed by atoms with Gasteiger partial charge in [-0.1, -0.05) is 24.9 Å². The molecular weight excluding hydrogens is 252 g/mol. The molecule has 18 heavy (non-hydrogen) atoms. The number of aliphatic hydroxyl groups is 1. The lowest BCUT2D eigenvalue weighted by atomic mass is 10.1. The van der Waals surface area contributed by atoms with Crippen LogP contribution in [0.4, 0.5) is 5.69 Å². The van der Waals surface area contributed by atoms with Crippen LogP contribution in [-0.2, 0) is 0 Å². The molecule has 0 unspecified atom stereocenters. The Balaban J connectivity index is 2.86. The fraction of sp³-hybridized carbons (Fsp3) is 0.462. The van der Waals surface area contributed by atoms with Gasteiger partial charge in [0.05, 0.1) is 6.61 Å². The van der Waals surface area contributed by atoms with Gasteiger partial charge in [-0.15, -0.1) is 0 Å². The lowest BCUT2D eigenvalue weighted by Gasteiger charge is -2.21. The molecule has 5 heteroatoms. The van der Waals surface area contributed by atoms with E-state index in [2.05, 4.69) is 6.92 Å². The van der Waals surface area contributed by atoms with E-state index in [-0.39, 0.29) is 12.5 Å². The first-order chi connectivity index (χ1) is 8.58. The Labute approximate surface area is 112 Å². The lowest BCUT2D eigenvalue weighted by Crippen LogP contribution is -2.34. The fourth-order valence-corrected chi connectivity index (χ4v) is 1.95. The Hall–Kier alpha value is -1.26. The lowest BCUT2D eigenvalue weighted by molar-refractivity contribution is 0.0719. The number of nitrogens with two attached hydrogens (primary N) is 1. The molecule has 0 saturated carbocycles. The van der Waals surface area contributed by atoms with Crippen LogP contribution in [0.1, 0.15) is 30.1 Å². The van der Waals surface area contributed by atoms with E-state index in [1.54, 1.807) is 23.1 Å². The first kappa shape index (κ1) is 14.8. The second kappa shape index (κ2) is 7.24. The van der Waals surface area contributed by atoms with Gasteiger partial charge in [0.2, 0.25) is 0 Å². The first-order valence-corrected chi connectivity index (χ1v) is 6.42. The predicted molar refractivity (Wildman–Crippen MR) is 73.8 cm³/mol. The molecule has 1 amide bonds. The Kier molecular flexibility index (Phi) is 5.95. The Bertz CT molecular complexity index is 390. The number of halogens is 1. The number of unbranched alkanes of at least 4 members (excludes halogenated alkanes) is 1. The largest absolute Gasteiger partial charge is 0.399 e. The molecule has 4 nitrogen and oxygen atoms in total. The number of amides is 1. The summed E-state index contributed by atoms with van der Waals surface area (Å²) in [6.07, 6.45) is 1.90. The molecule has 0 aliphatic heterocycles. The molecule has 100 valence electrons. The molecule has 0 heterocycles. The number of rotatable bonds is 6. The summed E-state index contributed by atoms with van der Waals surface area (Å²) in [4.78, 5) is 13.9. The highest BCUT2D eigenvalue weighted by Gasteiger charge is 2.15. The van der Waals surface area contributed by atoms with Crippen molar-refractivity contribution in [2.24, 2.45) is 0 Å². The van der Waals surface area contributed by atoms with Crippen LogP contribution < -0.4 is 5.73 Å². The van der Waals surface area contributed by atoms with Gasteiger partial charge in [-0.2, -0.15) is 0 Å². The van der Waals surface area contributed by atoms with Crippen molar-refractivity contribution in [1.82, 2.24) is 4.90 Å². The minimum atomic E-state index is -0.147. The normalized spacial score (nSPS) is 10.4. The Morgan fingerprint density at radius 1 is 1.39 bits per heavy atom. The maximum Gasteiger partial charge on any atom is 0.254 e. The standard InChI is InChI=1S/C13H19ClN2O2/c1-2-3-4-16(5-6-17)13(18)10-7-11(14)9-12(15)8-10/h7-9,17H,2-6,15H2,1H3. The topological polar surface area (TPSA) is 66.6 Å². The van der Waals surface area contributed by atoms with Crippen LogP contribution in [0.25, 0.3) is 0 Å². The Morgan fingerprint density at radius 3 is 2.67 bits per heavy atom. The van der Waals surface area contributed by atoms with E-state index < -0.39 is 0 Å². The molecule has 3 N–H and O–H groups in total. The molecule has 0 aliphatic carbocycles. The van der Waals surface area contributed by atoms with Crippen LogP contribution >= 0.6 is 11.6 Å². The minimum Gasteiger partial charge on any atom is -0.399 e. The van der Waals surface area contributed by atoms with Gasteiger partial charge in [-0.25, -0.2) is 0 Å². The van der Waals surface area contributed by atoms with Crippen molar-refractivity contribution in [3.05, 3.63) is 28.8 Å². The van der Waals surface area contributed by atoms with Crippen molar-refractivity contribution in [2.45, 2.75) is 19.8 Å². The molecule has 1 aromatic rings. The van der Waals surface area contributed by atoms with Gasteiger partial charge >= 0.3 is 0 Å². The molecular formula is C13H19ClN2O2. The quantitative estimate of drug-likeness (QED) is 0.779. The van der Waals surface area contributed by atoms with Crippen molar-refractivity contribution in [3.63, 3.8) is 0 Å². The van der Waals surface area contributed by atoms with Crippen LogP contribution in [0.15, 0.2) is 18.2 Å². The third kappa shape index (κ3) is 4.20. The first-order valence-electron chi connectivity index (χ1n) is 6.04. The second-order valence-corrected chi connectivity index (χ2v) is 4.58. The summed E-state index contributed by atoms with van der Waals surface area (Å²) in [7, 11) is 0. The molecule has 1 aromatic carbocycles. The number of benzene rings is 1. The van der Waals surface area contributed by atoms with Crippen LogP contribution in [0.5, 0.6) is 0 Å². The summed E-state index contributed by atoms with van der Waals surface area (Å²) in [6.45, 7) is 2.96. The van der Waals surface area contributed by atoms with Crippen LogP contribution in [0.2, 0.25) is 5.02 Å². The molecule has 0 fully saturated rings. The monoisotopic (exact) mass is 270 g/mol. The zero-order valence-corrected chi connectivity index (χ0v) is 11.3. The van der Waals surface area contributed by atoms with Gasteiger partial charge in [-0.05, 0) is 24.6 Å². The van der Waals surface area contributed by atoms with Gasteiger partial charge in [0.1, 0.15) is 0 Å². The van der Waals surface area contributed by atoms with Gasteiger partial charge in [0.15, 0.2) is 0 Å². The SMILES string of the molecule is CCCCN(CCO)C(=O)c1cc(N)cc(Cl)c1. The van der Waals surface area contributed by atoms with Gasteiger partial charge < -0.3 is 15.7 Å². The third-order valence-electron chi connectivity index (χ3n) is 2.61. The molecule has 0 atom stereocenters. The molecule has 0 aromatic heterocycles. The fourth-order valence-electron chi connectivity index (χ4n) is 1.70. The molecule has 0 radical (unpaired) electrons. The average Bonchev–Trinajstić information content (AvgIpc) is 2.32. The number of nitrogens with zero attached hydrogens (tertiary/aromatic N) is 1. The molecule has 0 saturated heterocycles. The third-order valence-corrected chi connectivity index (χ3v) is 2.82. The van der Waals surface area contributed by atoms with Gasteiger partial charge in [0, 0.05) is 29.4 Å². The number of hydrogen-bond acceptors (Lipinski definition) is 3. The van der Waals surface area contributed by atoms with Crippen molar-refractivity contribution >= 4 is 23.2 Å². The zero-order valence-electron chi connectivity index (χ0n) is 10.5. The van der Waals surface area contributed by atoms with E-state index in [0.717, 1.165) is 12.8 Å². The van der Waals surface area contributed by atoms with Crippen molar-refractivity contribution in [1.29, 1.82) is 0 Å². The van der Waals surface area contributed by atoms with E-state index in [1.165, 1.54) is 0 Å². The minimum absolute atomic E-state index is 0.0501. The summed E-state index contributed by atoms with van der Waals surface area (Å²) in [5.41, 5.74) is 6.59. The number of hydrogen-bond donors (Lipinski definition) is 2. The maximum atomic E-state index is 12.2. The number of nitrogen functional groups attached to an aromatic ring is 1. The Morgan fingerprint density at radius 2 is 2.11 bits per heavy atom. The van der Waals surface area contributed by atoms with E-state index in [1.807, 2.05) is 0 Å². The highest BCUT2D eigenvalue weighted by molar-refractivity contribution is 6.31. The van der Waals surface area contributed by atoms with Gasteiger partial charge in [0.25, 0.3) is 5.91 Å². The van der Waals surface area contributed by atoms with E-state index in [4.69, 9.17) is 22.4 Å². The predicted octanol–water partition coefficient (Wildman–Crippen LogP) is 2.16. The van der Waals surface area contributed by atoms with Crippen molar-refractivity contribution in [3.8, 4) is 0 Å². The molecule has 0 bridgehead atoms. The number of aliphatic hydroxyl groups excluding tert-OH is 1. The van der Waals surface area contributed by atoms with Crippen LogP contribution in [0, 0.1) is 0 Å². The summed E-state index contributed by atoms with van der Waals surface area (Å²) in [5, 5.41) is 9.44. The highest BCUT2D eigenvalue weighted by Crippen LogP contribution is 2.18. The highest BCUT2D eigenvalue weighted by atomic mass is 35.5. The smallest absolute Gasteiger partial charge is 0.254 e. The zero-order chi connectivity index (χ0) is 13.5. The summed E-state index contributed by atoms with van der Waals surface area (Å²) >= 11 is 5.88. The van der Waals surface area contributed by atoms with E-state index >= 15 is 0 Å². The second-order valence-electron chi connectivity index (χ2n) is 4.14. The summed E-state index contributed by atoms with van der Waals surface area (Å²) in [6, 6.07) is 4.79. The van der Waals surface area contributed by atoms with E-state index in [0.29, 0.717) is 29.4 Å². The van der Waals surface area contributed by atoms with E-state index in [9.17, 15) is 4.79 Å². The summed E-state index contributed by atoms with van der Waals surface area (Å²) in [5.74, 6) is -0.147. The van der Waals surface area contributed by atoms with Crippen molar-refractivity contribution < 1.29 is 9.90 Å².